The first-order chi connectivity index (χ1) is 17.8. The summed E-state index contributed by atoms with van der Waals surface area (Å²) in [5, 5.41) is 11.4. The lowest BCUT2D eigenvalue weighted by molar-refractivity contribution is -0.137. The van der Waals surface area contributed by atoms with Gasteiger partial charge in [-0.2, -0.15) is 13.2 Å². The molecule has 6 nitrogen and oxygen atoms in total. The summed E-state index contributed by atoms with van der Waals surface area (Å²) in [6.45, 7) is 7.76. The summed E-state index contributed by atoms with van der Waals surface area (Å²) in [7, 11) is -4.65. The number of carbonyl (C=O) groups excluding carboxylic acids is 1. The van der Waals surface area contributed by atoms with Crippen molar-refractivity contribution in [2.75, 3.05) is 0 Å². The van der Waals surface area contributed by atoms with E-state index in [0.717, 1.165) is 30.5 Å². The zero-order valence-corrected chi connectivity index (χ0v) is 21.6. The van der Waals surface area contributed by atoms with E-state index in [1.807, 2.05) is 24.6 Å². The van der Waals surface area contributed by atoms with Crippen LogP contribution >= 0.6 is 0 Å². The number of sulfonamides is 1. The van der Waals surface area contributed by atoms with Crippen LogP contribution in [0.2, 0.25) is 0 Å². The van der Waals surface area contributed by atoms with Gasteiger partial charge in [0.2, 0.25) is 0 Å². The number of alkyl halides is 3. The smallest absolute Gasteiger partial charge is 0.416 e. The van der Waals surface area contributed by atoms with Crippen LogP contribution in [0.3, 0.4) is 0 Å². The number of carbonyl (C=O) groups is 1. The maximum absolute atomic E-state index is 13.5. The molecule has 4 rings (SSSR count). The Morgan fingerprint density at radius 3 is 2.37 bits per heavy atom. The molecule has 0 atom stereocenters. The summed E-state index contributed by atoms with van der Waals surface area (Å²) in [4.78, 5) is 12.3. The van der Waals surface area contributed by atoms with Gasteiger partial charge in [-0.15, -0.1) is 0 Å². The first-order valence-electron chi connectivity index (χ1n) is 11.9. The molecule has 0 unspecified atom stereocenters. The number of rotatable bonds is 7. The van der Waals surface area contributed by atoms with Crippen LogP contribution in [-0.2, 0) is 22.6 Å². The minimum atomic E-state index is -4.65. The molecule has 1 heterocycles. The molecule has 0 radical (unpaired) electrons. The van der Waals surface area contributed by atoms with Gasteiger partial charge in [0.1, 0.15) is 22.2 Å². The van der Waals surface area contributed by atoms with Gasteiger partial charge in [0, 0.05) is 16.7 Å². The Balaban J connectivity index is 1.80. The Morgan fingerprint density at radius 2 is 1.74 bits per heavy atom. The molecular weight excluding hydrogens is 519 g/mol. The Labute approximate surface area is 218 Å². The maximum Gasteiger partial charge on any atom is 0.416 e. The molecule has 0 saturated heterocycles. The fraction of sp³-hybridized carbons (Fsp3) is 0.250. The third-order valence-electron chi connectivity index (χ3n) is 6.29. The summed E-state index contributed by atoms with van der Waals surface area (Å²) in [6, 6.07) is 10.0. The lowest BCUT2D eigenvalue weighted by Gasteiger charge is -2.26. The lowest BCUT2D eigenvalue weighted by Crippen LogP contribution is -2.31. The molecule has 0 fully saturated rings. The number of aryl methyl sites for hydroxylation is 2. The number of hydrogen-bond acceptors (Lipinski definition) is 5. The molecule has 0 aliphatic carbocycles. The summed E-state index contributed by atoms with van der Waals surface area (Å²) in [5.74, 6) is -1.12. The van der Waals surface area contributed by atoms with Crippen LogP contribution in [0, 0.1) is 6.92 Å². The number of fused-ring (bicyclic) bond motifs is 3. The van der Waals surface area contributed by atoms with Crippen LogP contribution in [0.5, 0.6) is 11.5 Å². The van der Waals surface area contributed by atoms with Gasteiger partial charge in [-0.3, -0.25) is 4.79 Å². The van der Waals surface area contributed by atoms with E-state index in [2.05, 4.69) is 6.58 Å². The molecule has 200 valence electrons. The molecular formula is C28H26F3NO5S. The van der Waals surface area contributed by atoms with E-state index < -0.39 is 38.3 Å². The van der Waals surface area contributed by atoms with Crippen molar-refractivity contribution in [2.24, 2.45) is 0 Å². The Kier molecular flexibility index (Phi) is 7.29. The molecule has 0 spiro atoms. The van der Waals surface area contributed by atoms with Crippen molar-refractivity contribution in [3.63, 3.8) is 0 Å². The Hall–Kier alpha value is -3.79. The van der Waals surface area contributed by atoms with Crippen molar-refractivity contribution >= 4 is 21.7 Å². The molecule has 1 amide bonds. The molecule has 1 aliphatic rings. The predicted molar refractivity (Wildman–Crippen MR) is 137 cm³/mol. The quantitative estimate of drug-likeness (QED) is 0.326. The standard InChI is InChI=1S/C28H26F3NO5S/c1-4-5-6-7-19-15-23-24(22-14-16(2)8-13-21(22)17(3)37-23)25(33)26(19)38(35,36)32-27(34)18-9-11-20(12-10-18)28(29,30)31/h8-15,33H,3-7H2,1-2H3,(H,32,34). The zero-order valence-electron chi connectivity index (χ0n) is 20.8. The first-order valence-corrected chi connectivity index (χ1v) is 13.4. The average Bonchev–Trinajstić information content (AvgIpc) is 2.83. The Morgan fingerprint density at radius 1 is 1.05 bits per heavy atom. The predicted octanol–water partition coefficient (Wildman–Crippen LogP) is 6.60. The number of halogens is 3. The summed E-state index contributed by atoms with van der Waals surface area (Å²) < 4.78 is 73.4. The SMILES string of the molecule is C=C1Oc2cc(CCCCC)c(S(=O)(=O)NC(=O)c3ccc(C(F)(F)F)cc3)c(O)c2-c2cc(C)ccc21. The van der Waals surface area contributed by atoms with Crippen molar-refractivity contribution in [3.8, 4) is 22.6 Å². The monoisotopic (exact) mass is 545 g/mol. The minimum Gasteiger partial charge on any atom is -0.506 e. The third kappa shape index (κ3) is 5.26. The van der Waals surface area contributed by atoms with E-state index in [9.17, 15) is 31.5 Å². The van der Waals surface area contributed by atoms with Crippen molar-refractivity contribution in [2.45, 2.75) is 50.6 Å². The third-order valence-corrected chi connectivity index (χ3v) is 7.74. The van der Waals surface area contributed by atoms with E-state index in [1.54, 1.807) is 12.1 Å². The molecule has 1 aliphatic heterocycles. The first kappa shape index (κ1) is 27.3. The van der Waals surface area contributed by atoms with Gasteiger partial charge in [0.25, 0.3) is 15.9 Å². The molecule has 0 saturated carbocycles. The van der Waals surface area contributed by atoms with Crippen molar-refractivity contribution in [1.82, 2.24) is 4.72 Å². The largest absolute Gasteiger partial charge is 0.506 e. The highest BCUT2D eigenvalue weighted by Crippen LogP contribution is 2.50. The van der Waals surface area contributed by atoms with Crippen LogP contribution in [0.25, 0.3) is 16.9 Å². The van der Waals surface area contributed by atoms with Crippen molar-refractivity contribution in [1.29, 1.82) is 0 Å². The number of unbranched alkanes of at least 4 members (excludes halogenated alkanes) is 2. The molecule has 10 heteroatoms. The van der Waals surface area contributed by atoms with Gasteiger partial charge >= 0.3 is 6.18 Å². The van der Waals surface area contributed by atoms with E-state index >= 15 is 0 Å². The molecule has 0 aromatic heterocycles. The highest BCUT2D eigenvalue weighted by Gasteiger charge is 2.34. The molecule has 3 aromatic rings. The van der Waals surface area contributed by atoms with Crippen LogP contribution in [0.1, 0.15) is 58.8 Å². The molecule has 2 N–H and O–H groups in total. The summed E-state index contributed by atoms with van der Waals surface area (Å²) in [5.41, 5.74) is 1.10. The molecule has 38 heavy (non-hydrogen) atoms. The minimum absolute atomic E-state index is 0.151. The van der Waals surface area contributed by atoms with Crippen LogP contribution < -0.4 is 9.46 Å². The fourth-order valence-corrected chi connectivity index (χ4v) is 5.74. The summed E-state index contributed by atoms with van der Waals surface area (Å²) in [6.07, 6.45) is -2.06. The van der Waals surface area contributed by atoms with E-state index in [4.69, 9.17) is 4.74 Å². The second-order valence-corrected chi connectivity index (χ2v) is 10.7. The molecule has 0 bridgehead atoms. The van der Waals surface area contributed by atoms with Gasteiger partial charge in [-0.25, -0.2) is 13.1 Å². The number of aromatic hydroxyl groups is 1. The second-order valence-electron chi connectivity index (χ2n) is 9.13. The van der Waals surface area contributed by atoms with Crippen molar-refractivity contribution in [3.05, 3.63) is 82.9 Å². The fourth-order valence-electron chi connectivity index (χ4n) is 4.41. The van der Waals surface area contributed by atoms with Gasteiger partial charge in [0.05, 0.1) is 11.1 Å². The second kappa shape index (κ2) is 10.2. The Bertz CT molecular complexity index is 1530. The van der Waals surface area contributed by atoms with Gasteiger partial charge in [-0.05, 0) is 55.7 Å². The zero-order chi connectivity index (χ0) is 27.8. The van der Waals surface area contributed by atoms with Gasteiger partial charge in [0.15, 0.2) is 0 Å². The summed E-state index contributed by atoms with van der Waals surface area (Å²) >= 11 is 0. The van der Waals surface area contributed by atoms with Gasteiger partial charge in [-0.1, -0.05) is 50.1 Å². The van der Waals surface area contributed by atoms with Crippen LogP contribution in [0.15, 0.2) is 60.0 Å². The number of phenols is 1. The number of nitrogens with one attached hydrogen (secondary N) is 1. The maximum atomic E-state index is 13.5. The molecule has 3 aromatic carbocycles. The number of phenolic OH excluding ortho intramolecular Hbond substituents is 1. The normalized spacial score (nSPS) is 12.9. The number of benzene rings is 3. The highest BCUT2D eigenvalue weighted by molar-refractivity contribution is 7.90. The van der Waals surface area contributed by atoms with Crippen molar-refractivity contribution < 1.29 is 36.2 Å². The van der Waals surface area contributed by atoms with E-state index in [0.29, 0.717) is 35.4 Å². The van der Waals surface area contributed by atoms with Crippen LogP contribution in [0.4, 0.5) is 13.2 Å². The lowest BCUT2D eigenvalue weighted by atomic mass is 9.91. The highest BCUT2D eigenvalue weighted by atomic mass is 32.2. The van der Waals surface area contributed by atoms with Crippen LogP contribution in [-0.4, -0.2) is 19.4 Å². The average molecular weight is 546 g/mol. The number of amides is 1. The number of hydrogen-bond donors (Lipinski definition) is 2. The van der Waals surface area contributed by atoms with E-state index in [-0.39, 0.29) is 28.9 Å². The van der Waals surface area contributed by atoms with Gasteiger partial charge < -0.3 is 9.84 Å². The van der Waals surface area contributed by atoms with E-state index in [1.165, 1.54) is 6.07 Å². The topological polar surface area (TPSA) is 92.7 Å². The number of ether oxygens (including phenoxy) is 1.